The molecule has 0 aromatic heterocycles. The highest BCUT2D eigenvalue weighted by Gasteiger charge is 2.28. The number of ether oxygens (including phenoxy) is 3. The number of Topliss-reactive ketones (excluding diaryl/α,β-unsaturated/α-hetero) is 1. The summed E-state index contributed by atoms with van der Waals surface area (Å²) in [6.07, 6.45) is 53.0. The van der Waals surface area contributed by atoms with Crippen molar-refractivity contribution < 1.29 is 43.0 Å². The van der Waals surface area contributed by atoms with Crippen molar-refractivity contribution in [2.75, 3.05) is 68.2 Å². The van der Waals surface area contributed by atoms with Gasteiger partial charge in [-0.1, -0.05) is 213 Å². The molecule has 0 aromatic rings. The molecule has 11 nitrogen and oxygen atoms in total. The maximum Gasteiger partial charge on any atom is 0.307 e. The largest absolute Gasteiger partial charge is 0.469 e. The number of esters is 3. The Morgan fingerprint density at radius 3 is 0.908 bits per heavy atom. The van der Waals surface area contributed by atoms with Gasteiger partial charge < -0.3 is 24.8 Å². The van der Waals surface area contributed by atoms with Crippen LogP contribution in [0.1, 0.15) is 271 Å². The zero-order chi connectivity index (χ0) is 56.8. The lowest BCUT2D eigenvalue weighted by molar-refractivity contribution is -0.164. The molecule has 0 aliphatic heterocycles. The van der Waals surface area contributed by atoms with Crippen molar-refractivity contribution in [3.8, 4) is 0 Å². The lowest BCUT2D eigenvalue weighted by Gasteiger charge is -2.26. The zero-order valence-electron chi connectivity index (χ0n) is 50.3. The van der Waals surface area contributed by atoms with E-state index in [0.29, 0.717) is 43.6 Å². The van der Waals surface area contributed by atoms with Gasteiger partial charge in [-0.05, 0) is 37.9 Å². The number of carbonyl (C=O) groups excluding carboxylic acids is 6. The smallest absolute Gasteiger partial charge is 0.307 e. The Morgan fingerprint density at radius 2 is 0.645 bits per heavy atom. The molecule has 0 saturated carbocycles. The average Bonchev–Trinajstić information content (AvgIpc) is 3.42. The number of carbonyl (C=O) groups is 6. The molecule has 0 radical (unpaired) electrons. The fourth-order valence-electron chi connectivity index (χ4n) is 8.32. The maximum atomic E-state index is 11.9. The zero-order valence-corrected chi connectivity index (χ0v) is 53.5. The van der Waals surface area contributed by atoms with Crippen molar-refractivity contribution in [3.05, 3.63) is 0 Å². The molecule has 2 amide bonds. The molecule has 2 N–H and O–H groups in total. The van der Waals surface area contributed by atoms with Crippen LogP contribution in [0, 0.1) is 0 Å². The summed E-state index contributed by atoms with van der Waals surface area (Å²) in [6.45, 7) is 7.88. The van der Waals surface area contributed by atoms with E-state index in [9.17, 15) is 28.8 Å². The third kappa shape index (κ3) is 63.3. The van der Waals surface area contributed by atoms with Crippen molar-refractivity contribution in [1.29, 1.82) is 0 Å². The number of ketones is 1. The second kappa shape index (κ2) is 65.9. The summed E-state index contributed by atoms with van der Waals surface area (Å²) in [5.74, 6) is 2.12. The van der Waals surface area contributed by atoms with Crippen LogP contribution in [-0.4, -0.2) is 116 Å². The van der Waals surface area contributed by atoms with Crippen LogP contribution >= 0.6 is 47.0 Å². The molecule has 0 heterocycles. The Hall–Kier alpha value is -1.58. The van der Waals surface area contributed by atoms with Crippen LogP contribution in [0.25, 0.3) is 0 Å². The standard InChI is InChI=1S/C24H47NO2.C23H45NO3.C14H26O4S4/c1-3-5-6-7-8-9-10-11-12-13-14-15-16-17-18-19-22-25-24(27)21-20-23(26)4-2;1-3-4-5-6-7-8-9-10-11-12-13-14-15-16-17-18-21-24-22(25)19-20-23(26)27-2;1-19-7-5-13(15)17-11(9-21-3)12(10-22-4)18-14(16)6-8-20-2/h3-22H2,1-2H3,(H,25,27);3-21H2,1-2H3,(H,24,25);11-12H,5-10H2,1-4H3. The third-order valence-corrected chi connectivity index (χ3v) is 15.7. The van der Waals surface area contributed by atoms with Gasteiger partial charge >= 0.3 is 17.9 Å². The van der Waals surface area contributed by atoms with E-state index in [1.54, 1.807) is 47.0 Å². The minimum atomic E-state index is -0.380. The van der Waals surface area contributed by atoms with E-state index < -0.39 is 0 Å². The fraction of sp³-hybridized carbons (Fsp3) is 0.902. The van der Waals surface area contributed by atoms with Crippen LogP contribution in [0.5, 0.6) is 0 Å². The van der Waals surface area contributed by atoms with Crippen LogP contribution in [0.3, 0.4) is 0 Å². The van der Waals surface area contributed by atoms with Gasteiger partial charge in [0, 0.05) is 61.8 Å². The molecule has 0 aliphatic rings. The molecule has 15 heteroatoms. The van der Waals surface area contributed by atoms with Crippen LogP contribution in [-0.2, 0) is 43.0 Å². The first-order valence-electron chi connectivity index (χ1n) is 30.5. The minimum Gasteiger partial charge on any atom is -0.469 e. The summed E-state index contributed by atoms with van der Waals surface area (Å²) in [7, 11) is 1.34. The Morgan fingerprint density at radius 1 is 0.355 bits per heavy atom. The van der Waals surface area contributed by atoms with Gasteiger partial charge in [0.2, 0.25) is 11.8 Å². The molecular weight excluding hydrogens is 1030 g/mol. The number of hydrogen-bond donors (Lipinski definition) is 2. The fourth-order valence-corrected chi connectivity index (χ4v) is 10.3. The Bertz CT molecular complexity index is 1220. The van der Waals surface area contributed by atoms with Gasteiger partial charge in [0.1, 0.15) is 18.0 Å². The summed E-state index contributed by atoms with van der Waals surface area (Å²) in [4.78, 5) is 68.9. The van der Waals surface area contributed by atoms with Gasteiger partial charge in [0.05, 0.1) is 26.4 Å². The molecule has 0 aromatic carbocycles. The second-order valence-corrected chi connectivity index (χ2v) is 24.0. The quantitative estimate of drug-likeness (QED) is 0.0338. The number of hydrogen-bond acceptors (Lipinski definition) is 13. The monoisotopic (exact) mass is 1150 g/mol. The van der Waals surface area contributed by atoms with Crippen molar-refractivity contribution in [3.63, 3.8) is 0 Å². The molecule has 2 unspecified atom stereocenters. The summed E-state index contributed by atoms with van der Waals surface area (Å²) < 4.78 is 15.6. The molecule has 0 saturated heterocycles. The van der Waals surface area contributed by atoms with E-state index in [-0.39, 0.29) is 60.6 Å². The van der Waals surface area contributed by atoms with E-state index in [4.69, 9.17) is 9.47 Å². The van der Waals surface area contributed by atoms with E-state index in [1.807, 2.05) is 31.9 Å². The average molecular weight is 1150 g/mol. The second-order valence-electron chi connectivity index (χ2n) is 20.2. The van der Waals surface area contributed by atoms with Crippen LogP contribution < -0.4 is 10.6 Å². The first kappa shape index (κ1) is 78.6. The lowest BCUT2D eigenvalue weighted by Crippen LogP contribution is -2.39. The molecule has 0 rings (SSSR count). The summed E-state index contributed by atoms with van der Waals surface area (Å²) >= 11 is 6.40. The number of thioether (sulfide) groups is 4. The summed E-state index contributed by atoms with van der Waals surface area (Å²) in [5, 5.41) is 5.79. The highest BCUT2D eigenvalue weighted by Crippen LogP contribution is 2.18. The van der Waals surface area contributed by atoms with Crippen molar-refractivity contribution in [1.82, 2.24) is 10.6 Å². The Labute approximate surface area is 485 Å². The SMILES string of the molecule is CCCCCCCCCCCCCCCCCCNC(=O)CCC(=O)CC.CCCCCCCCCCCCCCCCCCNC(=O)CCC(=O)OC.CSCCC(=O)OC(CSC)C(CSC)OC(=O)CCSC. The Balaban J connectivity index is -0.00000106. The normalized spacial score (nSPS) is 11.6. The molecule has 0 bridgehead atoms. The molecule has 0 fully saturated rings. The number of methoxy groups -OCH3 is 1. The Kier molecular flexibility index (Phi) is 68.2. The van der Waals surface area contributed by atoms with Crippen LogP contribution in [0.4, 0.5) is 0 Å². The van der Waals surface area contributed by atoms with E-state index in [0.717, 1.165) is 37.4 Å². The van der Waals surface area contributed by atoms with Gasteiger partial charge in [0.25, 0.3) is 0 Å². The van der Waals surface area contributed by atoms with E-state index in [2.05, 4.69) is 29.2 Å². The molecule has 0 spiro atoms. The lowest BCUT2D eigenvalue weighted by atomic mass is 10.0. The molecule has 450 valence electrons. The van der Waals surface area contributed by atoms with Gasteiger partial charge in [0.15, 0.2) is 0 Å². The van der Waals surface area contributed by atoms with Crippen molar-refractivity contribution in [2.45, 2.75) is 283 Å². The molecule has 0 aliphatic carbocycles. The molecular formula is C61H118N2O9S4. The van der Waals surface area contributed by atoms with E-state index in [1.165, 1.54) is 200 Å². The maximum absolute atomic E-state index is 11.9. The number of unbranched alkanes of at least 4 members (excludes halogenated alkanes) is 30. The third-order valence-electron chi connectivity index (χ3n) is 13.2. The first-order chi connectivity index (χ1) is 37.0. The first-order valence-corrected chi connectivity index (χ1v) is 36.0. The van der Waals surface area contributed by atoms with Gasteiger partial charge in [-0.25, -0.2) is 0 Å². The van der Waals surface area contributed by atoms with Crippen molar-refractivity contribution >= 4 is 82.6 Å². The predicted molar refractivity (Wildman–Crippen MR) is 333 cm³/mol. The molecule has 76 heavy (non-hydrogen) atoms. The highest BCUT2D eigenvalue weighted by atomic mass is 32.2. The summed E-state index contributed by atoms with van der Waals surface area (Å²) in [5.41, 5.74) is 0. The molecule has 2 atom stereocenters. The predicted octanol–water partition coefficient (Wildman–Crippen LogP) is 16.5. The van der Waals surface area contributed by atoms with Crippen LogP contribution in [0.2, 0.25) is 0 Å². The van der Waals surface area contributed by atoms with Gasteiger partial charge in [-0.3, -0.25) is 28.8 Å². The number of nitrogens with one attached hydrogen (secondary N) is 2. The minimum absolute atomic E-state index is 0.0257. The number of rotatable bonds is 54. The van der Waals surface area contributed by atoms with Gasteiger partial charge in [-0.2, -0.15) is 47.0 Å². The van der Waals surface area contributed by atoms with E-state index >= 15 is 0 Å². The van der Waals surface area contributed by atoms with Crippen LogP contribution in [0.15, 0.2) is 0 Å². The summed E-state index contributed by atoms with van der Waals surface area (Å²) in [6, 6.07) is 0. The highest BCUT2D eigenvalue weighted by molar-refractivity contribution is 7.99. The number of amides is 2. The van der Waals surface area contributed by atoms with Crippen molar-refractivity contribution in [2.24, 2.45) is 0 Å². The topological polar surface area (TPSA) is 154 Å². The van der Waals surface area contributed by atoms with Gasteiger partial charge in [-0.15, -0.1) is 0 Å².